The smallest absolute Gasteiger partial charge is 0.222 e. The van der Waals surface area contributed by atoms with E-state index in [9.17, 15) is 4.79 Å². The van der Waals surface area contributed by atoms with Gasteiger partial charge >= 0.3 is 0 Å². The van der Waals surface area contributed by atoms with E-state index in [2.05, 4.69) is 34.7 Å². The molecule has 1 amide bonds. The van der Waals surface area contributed by atoms with Gasteiger partial charge in [-0.25, -0.2) is 0 Å². The zero-order valence-corrected chi connectivity index (χ0v) is 12.2. The van der Waals surface area contributed by atoms with Crippen LogP contribution in [0.5, 0.6) is 0 Å². The van der Waals surface area contributed by atoms with E-state index < -0.39 is 0 Å². The molecule has 94 valence electrons. The van der Waals surface area contributed by atoms with Gasteiger partial charge in [-0.15, -0.1) is 0 Å². The molecule has 0 aromatic rings. The van der Waals surface area contributed by atoms with Gasteiger partial charge in [-0.05, 0) is 31.1 Å². The summed E-state index contributed by atoms with van der Waals surface area (Å²) in [6.45, 7) is 6.54. The Hall–Kier alpha value is -0.0500. The monoisotopic (exact) mass is 289 g/mol. The highest BCUT2D eigenvalue weighted by molar-refractivity contribution is 9.09. The van der Waals surface area contributed by atoms with Crippen LogP contribution in [0.2, 0.25) is 0 Å². The summed E-state index contributed by atoms with van der Waals surface area (Å²) in [5.41, 5.74) is 0.479. The maximum atomic E-state index is 11.9. The van der Waals surface area contributed by atoms with E-state index >= 15 is 0 Å². The lowest BCUT2D eigenvalue weighted by atomic mass is 9.78. The van der Waals surface area contributed by atoms with Gasteiger partial charge in [-0.2, -0.15) is 0 Å². The highest BCUT2D eigenvalue weighted by Crippen LogP contribution is 2.34. The van der Waals surface area contributed by atoms with Gasteiger partial charge < -0.3 is 4.90 Å². The topological polar surface area (TPSA) is 20.3 Å². The summed E-state index contributed by atoms with van der Waals surface area (Å²) in [5.74, 6) is 0.360. The van der Waals surface area contributed by atoms with Crippen molar-refractivity contribution in [2.45, 2.75) is 52.4 Å². The summed E-state index contributed by atoms with van der Waals surface area (Å²) >= 11 is 3.39. The highest BCUT2D eigenvalue weighted by Gasteiger charge is 2.29. The Kier molecular flexibility index (Phi) is 5.81. The van der Waals surface area contributed by atoms with Gasteiger partial charge in [0.25, 0.3) is 0 Å². The zero-order chi connectivity index (χ0) is 12.0. The SMILES string of the molecule is CCC1(C)CCN(C(=O)CCCCBr)CC1. The number of piperidine rings is 1. The van der Waals surface area contributed by atoms with Crippen LogP contribution in [0.15, 0.2) is 0 Å². The first-order valence-electron chi connectivity index (χ1n) is 6.45. The molecule has 0 atom stereocenters. The summed E-state index contributed by atoms with van der Waals surface area (Å²) in [7, 11) is 0. The number of rotatable bonds is 5. The van der Waals surface area contributed by atoms with Crippen LogP contribution in [0.1, 0.15) is 52.4 Å². The molecule has 1 rings (SSSR count). The Morgan fingerprint density at radius 2 is 1.94 bits per heavy atom. The molecule has 3 heteroatoms. The van der Waals surface area contributed by atoms with E-state index in [1.54, 1.807) is 0 Å². The number of likely N-dealkylation sites (tertiary alicyclic amines) is 1. The Labute approximate surface area is 108 Å². The van der Waals surface area contributed by atoms with Gasteiger partial charge in [0.15, 0.2) is 0 Å². The Morgan fingerprint density at radius 3 is 2.44 bits per heavy atom. The van der Waals surface area contributed by atoms with Crippen LogP contribution in [0.25, 0.3) is 0 Å². The van der Waals surface area contributed by atoms with Crippen molar-refractivity contribution in [3.05, 3.63) is 0 Å². The molecular formula is C13H24BrNO. The van der Waals surface area contributed by atoms with Crippen LogP contribution in [-0.2, 0) is 4.79 Å². The number of alkyl halides is 1. The van der Waals surface area contributed by atoms with Crippen molar-refractivity contribution >= 4 is 21.8 Å². The normalized spacial score (nSPS) is 19.8. The molecule has 16 heavy (non-hydrogen) atoms. The molecule has 1 saturated heterocycles. The second-order valence-electron chi connectivity index (χ2n) is 5.19. The number of hydrogen-bond donors (Lipinski definition) is 0. The van der Waals surface area contributed by atoms with Crippen molar-refractivity contribution in [1.29, 1.82) is 0 Å². The van der Waals surface area contributed by atoms with E-state index in [1.807, 2.05) is 0 Å². The second kappa shape index (κ2) is 6.63. The van der Waals surface area contributed by atoms with Crippen molar-refractivity contribution in [2.24, 2.45) is 5.41 Å². The minimum Gasteiger partial charge on any atom is -0.343 e. The third-order valence-electron chi connectivity index (χ3n) is 3.95. The maximum absolute atomic E-state index is 11.9. The number of amides is 1. The number of carbonyl (C=O) groups excluding carboxylic acids is 1. The van der Waals surface area contributed by atoms with E-state index in [1.165, 1.54) is 19.3 Å². The molecule has 0 aromatic carbocycles. The molecule has 1 aliphatic heterocycles. The fourth-order valence-corrected chi connectivity index (χ4v) is 2.57. The second-order valence-corrected chi connectivity index (χ2v) is 5.98. The average Bonchev–Trinajstić information content (AvgIpc) is 2.30. The van der Waals surface area contributed by atoms with Gasteiger partial charge in [0.1, 0.15) is 0 Å². The van der Waals surface area contributed by atoms with Crippen molar-refractivity contribution in [1.82, 2.24) is 4.90 Å². The summed E-state index contributed by atoms with van der Waals surface area (Å²) < 4.78 is 0. The van der Waals surface area contributed by atoms with E-state index in [0.29, 0.717) is 11.3 Å². The number of halogens is 1. The molecule has 0 radical (unpaired) electrons. The van der Waals surface area contributed by atoms with Crippen LogP contribution in [-0.4, -0.2) is 29.2 Å². The largest absolute Gasteiger partial charge is 0.343 e. The third-order valence-corrected chi connectivity index (χ3v) is 4.51. The number of hydrogen-bond acceptors (Lipinski definition) is 1. The predicted octanol–water partition coefficient (Wildman–Crippen LogP) is 3.59. The van der Waals surface area contributed by atoms with Crippen molar-refractivity contribution in [2.75, 3.05) is 18.4 Å². The van der Waals surface area contributed by atoms with Gasteiger partial charge in [-0.3, -0.25) is 4.79 Å². The summed E-state index contributed by atoms with van der Waals surface area (Å²) in [6.07, 6.45) is 6.44. The fourth-order valence-electron chi connectivity index (χ4n) is 2.18. The molecule has 0 aromatic heterocycles. The molecule has 0 spiro atoms. The maximum Gasteiger partial charge on any atom is 0.222 e. The molecule has 0 bridgehead atoms. The fraction of sp³-hybridized carbons (Fsp3) is 0.923. The van der Waals surface area contributed by atoms with E-state index in [-0.39, 0.29) is 0 Å². The van der Waals surface area contributed by atoms with Crippen molar-refractivity contribution in [3.8, 4) is 0 Å². The van der Waals surface area contributed by atoms with Crippen LogP contribution >= 0.6 is 15.9 Å². The molecule has 1 heterocycles. The first-order valence-corrected chi connectivity index (χ1v) is 7.57. The first kappa shape index (κ1) is 14.0. The zero-order valence-electron chi connectivity index (χ0n) is 10.6. The molecule has 0 unspecified atom stereocenters. The lowest BCUT2D eigenvalue weighted by Gasteiger charge is -2.39. The van der Waals surface area contributed by atoms with Gasteiger partial charge in [0.05, 0.1) is 0 Å². The Morgan fingerprint density at radius 1 is 1.31 bits per heavy atom. The predicted molar refractivity (Wildman–Crippen MR) is 71.9 cm³/mol. The highest BCUT2D eigenvalue weighted by atomic mass is 79.9. The lowest BCUT2D eigenvalue weighted by Crippen LogP contribution is -2.41. The average molecular weight is 290 g/mol. The quantitative estimate of drug-likeness (QED) is 0.559. The van der Waals surface area contributed by atoms with Crippen molar-refractivity contribution < 1.29 is 4.79 Å². The number of carbonyl (C=O) groups is 1. The Balaban J connectivity index is 2.27. The Bertz CT molecular complexity index is 222. The number of nitrogens with zero attached hydrogens (tertiary/aromatic N) is 1. The van der Waals surface area contributed by atoms with E-state index in [4.69, 9.17) is 0 Å². The standard InChI is InChI=1S/C13H24BrNO/c1-3-13(2)7-10-15(11-8-13)12(16)6-4-5-9-14/h3-11H2,1-2H3. The minimum absolute atomic E-state index is 0.360. The molecule has 1 aliphatic rings. The number of unbranched alkanes of at least 4 members (excludes halogenated alkanes) is 1. The van der Waals surface area contributed by atoms with E-state index in [0.717, 1.165) is 37.7 Å². The van der Waals surface area contributed by atoms with Gasteiger partial charge in [0.2, 0.25) is 5.91 Å². The van der Waals surface area contributed by atoms with Crippen LogP contribution in [0.4, 0.5) is 0 Å². The summed E-state index contributed by atoms with van der Waals surface area (Å²) in [5, 5.41) is 1.01. The molecule has 2 nitrogen and oxygen atoms in total. The minimum atomic E-state index is 0.360. The van der Waals surface area contributed by atoms with Gasteiger partial charge in [-0.1, -0.05) is 36.2 Å². The van der Waals surface area contributed by atoms with Gasteiger partial charge in [0, 0.05) is 24.8 Å². The summed E-state index contributed by atoms with van der Waals surface area (Å²) in [6, 6.07) is 0. The molecule has 0 aliphatic carbocycles. The van der Waals surface area contributed by atoms with Crippen LogP contribution < -0.4 is 0 Å². The van der Waals surface area contributed by atoms with Crippen LogP contribution in [0.3, 0.4) is 0 Å². The molecule has 0 saturated carbocycles. The van der Waals surface area contributed by atoms with Crippen molar-refractivity contribution in [3.63, 3.8) is 0 Å². The first-order chi connectivity index (χ1) is 7.61. The molecular weight excluding hydrogens is 266 g/mol. The molecule has 1 fully saturated rings. The summed E-state index contributed by atoms with van der Waals surface area (Å²) in [4.78, 5) is 13.9. The van der Waals surface area contributed by atoms with Crippen LogP contribution in [0, 0.1) is 5.41 Å². The lowest BCUT2D eigenvalue weighted by molar-refractivity contribution is -0.133. The third kappa shape index (κ3) is 4.08. The molecule has 0 N–H and O–H groups in total.